The van der Waals surface area contributed by atoms with Crippen LogP contribution < -0.4 is 5.73 Å². The highest BCUT2D eigenvalue weighted by atomic mass is 16.1. The molecule has 0 aromatic heterocycles. The predicted octanol–water partition coefficient (Wildman–Crippen LogP) is 0.769. The van der Waals surface area contributed by atoms with Crippen LogP contribution in [0.1, 0.15) is 32.1 Å². The van der Waals surface area contributed by atoms with Gasteiger partial charge in [0.05, 0.1) is 6.07 Å². The first-order valence-corrected chi connectivity index (χ1v) is 4.99. The number of hydrogen-bond acceptors (Lipinski definition) is 4. The van der Waals surface area contributed by atoms with Crippen molar-refractivity contribution in [2.24, 2.45) is 16.6 Å². The number of aliphatic imine (C=N–C) groups is 1. The standard InChI is InChI=1S/C10H13N3O/c11-6-7-8(14)10(13-9(7)12)4-2-1-3-5-10/h7H,1-5H2,(H2,12,13). The van der Waals surface area contributed by atoms with Gasteiger partial charge in [-0.15, -0.1) is 0 Å². The highest BCUT2D eigenvalue weighted by molar-refractivity contribution is 6.14. The van der Waals surface area contributed by atoms with E-state index in [1.54, 1.807) is 0 Å². The second-order valence-corrected chi connectivity index (χ2v) is 4.06. The van der Waals surface area contributed by atoms with Crippen LogP contribution >= 0.6 is 0 Å². The summed E-state index contributed by atoms with van der Waals surface area (Å²) in [6, 6.07) is 1.93. The van der Waals surface area contributed by atoms with Gasteiger partial charge in [-0.25, -0.2) is 0 Å². The van der Waals surface area contributed by atoms with Crippen LogP contribution in [0.25, 0.3) is 0 Å². The van der Waals surface area contributed by atoms with Crippen molar-refractivity contribution in [1.29, 1.82) is 5.26 Å². The molecule has 14 heavy (non-hydrogen) atoms. The Morgan fingerprint density at radius 2 is 2.07 bits per heavy atom. The second-order valence-electron chi connectivity index (χ2n) is 4.06. The van der Waals surface area contributed by atoms with E-state index in [1.165, 1.54) is 0 Å². The van der Waals surface area contributed by atoms with E-state index >= 15 is 0 Å². The van der Waals surface area contributed by atoms with Crippen LogP contribution in [0.15, 0.2) is 4.99 Å². The Kier molecular flexibility index (Phi) is 2.03. The maximum absolute atomic E-state index is 11.9. The molecule has 0 radical (unpaired) electrons. The lowest BCUT2D eigenvalue weighted by molar-refractivity contribution is -0.124. The van der Waals surface area contributed by atoms with Gasteiger partial charge in [0, 0.05) is 0 Å². The lowest BCUT2D eigenvalue weighted by Gasteiger charge is -2.28. The first-order chi connectivity index (χ1) is 6.69. The highest BCUT2D eigenvalue weighted by Crippen LogP contribution is 2.38. The van der Waals surface area contributed by atoms with Crippen molar-refractivity contribution in [3.8, 4) is 6.07 Å². The molecule has 1 unspecified atom stereocenters. The van der Waals surface area contributed by atoms with E-state index in [0.717, 1.165) is 32.1 Å². The summed E-state index contributed by atoms with van der Waals surface area (Å²) in [6.07, 6.45) is 4.72. The van der Waals surface area contributed by atoms with Crippen LogP contribution in [-0.4, -0.2) is 17.2 Å². The zero-order chi connectivity index (χ0) is 10.2. The Hall–Kier alpha value is -1.37. The summed E-state index contributed by atoms with van der Waals surface area (Å²) in [7, 11) is 0. The number of nitriles is 1. The first-order valence-electron chi connectivity index (χ1n) is 4.99. The van der Waals surface area contributed by atoms with E-state index in [-0.39, 0.29) is 11.6 Å². The molecule has 2 N–H and O–H groups in total. The zero-order valence-corrected chi connectivity index (χ0v) is 7.99. The smallest absolute Gasteiger partial charge is 0.185 e. The van der Waals surface area contributed by atoms with Gasteiger partial charge in [-0.3, -0.25) is 9.79 Å². The molecule has 0 aromatic rings. The highest BCUT2D eigenvalue weighted by Gasteiger charge is 2.49. The number of rotatable bonds is 0. The monoisotopic (exact) mass is 191 g/mol. The van der Waals surface area contributed by atoms with Crippen molar-refractivity contribution < 1.29 is 4.79 Å². The molecule has 4 nitrogen and oxygen atoms in total. The Morgan fingerprint density at radius 1 is 1.43 bits per heavy atom. The summed E-state index contributed by atoms with van der Waals surface area (Å²) in [4.78, 5) is 16.1. The van der Waals surface area contributed by atoms with E-state index in [4.69, 9.17) is 11.0 Å². The molecule has 0 bridgehead atoms. The first kappa shape index (κ1) is 9.20. The van der Waals surface area contributed by atoms with E-state index in [2.05, 4.69) is 4.99 Å². The molecule has 4 heteroatoms. The summed E-state index contributed by atoms with van der Waals surface area (Å²) >= 11 is 0. The van der Waals surface area contributed by atoms with Gasteiger partial charge in [0.15, 0.2) is 11.7 Å². The van der Waals surface area contributed by atoms with Gasteiger partial charge in [-0.1, -0.05) is 19.3 Å². The number of ketones is 1. The van der Waals surface area contributed by atoms with E-state index in [1.807, 2.05) is 6.07 Å². The molecule has 2 aliphatic rings. The van der Waals surface area contributed by atoms with Gasteiger partial charge in [-0.2, -0.15) is 5.26 Å². The molecule has 1 aliphatic heterocycles. The minimum Gasteiger partial charge on any atom is -0.386 e. The number of Topliss-reactive ketones (excluding diaryl/α,β-unsaturated/α-hetero) is 1. The zero-order valence-electron chi connectivity index (χ0n) is 7.99. The molecule has 74 valence electrons. The number of hydrogen-bond donors (Lipinski definition) is 1. The van der Waals surface area contributed by atoms with Crippen molar-refractivity contribution in [3.05, 3.63) is 0 Å². The molecule has 0 saturated heterocycles. The molecule has 1 atom stereocenters. The van der Waals surface area contributed by atoms with Gasteiger partial charge in [0.1, 0.15) is 11.4 Å². The fraction of sp³-hybridized carbons (Fsp3) is 0.700. The fourth-order valence-electron chi connectivity index (χ4n) is 2.39. The van der Waals surface area contributed by atoms with Crippen molar-refractivity contribution in [2.45, 2.75) is 37.6 Å². The third-order valence-electron chi connectivity index (χ3n) is 3.17. The molecular weight excluding hydrogens is 178 g/mol. The molecule has 2 rings (SSSR count). The molecule has 0 aromatic carbocycles. The minimum atomic E-state index is -0.784. The molecule has 1 heterocycles. The number of carbonyl (C=O) groups is 1. The lowest BCUT2D eigenvalue weighted by atomic mass is 9.78. The lowest BCUT2D eigenvalue weighted by Crippen LogP contribution is -2.38. The Balaban J connectivity index is 2.31. The number of nitrogens with zero attached hydrogens (tertiary/aromatic N) is 2. The van der Waals surface area contributed by atoms with Gasteiger partial charge < -0.3 is 5.73 Å². The molecule has 1 fully saturated rings. The van der Waals surface area contributed by atoms with Crippen molar-refractivity contribution in [3.63, 3.8) is 0 Å². The third kappa shape index (κ3) is 1.12. The topological polar surface area (TPSA) is 79.2 Å². The summed E-state index contributed by atoms with van der Waals surface area (Å²) < 4.78 is 0. The van der Waals surface area contributed by atoms with Gasteiger partial charge in [0.2, 0.25) is 0 Å². The number of nitrogens with two attached hydrogens (primary N) is 1. The summed E-state index contributed by atoms with van der Waals surface area (Å²) in [5.41, 5.74) is 4.97. The van der Waals surface area contributed by atoms with Crippen molar-refractivity contribution in [2.75, 3.05) is 0 Å². The van der Waals surface area contributed by atoms with Crippen LogP contribution in [0, 0.1) is 17.2 Å². The number of carbonyl (C=O) groups excluding carboxylic acids is 1. The molecule has 1 saturated carbocycles. The second kappa shape index (κ2) is 3.09. The maximum Gasteiger partial charge on any atom is 0.185 e. The molecule has 0 amide bonds. The Morgan fingerprint density at radius 3 is 2.57 bits per heavy atom. The fourth-order valence-corrected chi connectivity index (χ4v) is 2.39. The van der Waals surface area contributed by atoms with E-state index in [9.17, 15) is 4.79 Å². The average Bonchev–Trinajstić information content (AvgIpc) is 2.40. The van der Waals surface area contributed by atoms with Gasteiger partial charge in [-0.05, 0) is 12.8 Å². The maximum atomic E-state index is 11.9. The molecular formula is C10H13N3O. The average molecular weight is 191 g/mol. The summed E-state index contributed by atoms with van der Waals surface area (Å²) in [6.45, 7) is 0. The number of amidine groups is 1. The van der Waals surface area contributed by atoms with Gasteiger partial charge in [0.25, 0.3) is 0 Å². The Labute approximate surface area is 82.8 Å². The quantitative estimate of drug-likeness (QED) is 0.614. The normalized spacial score (nSPS) is 30.1. The summed E-state index contributed by atoms with van der Waals surface area (Å²) in [5.74, 6) is -0.635. The SMILES string of the molecule is N#CC1C(=O)C2(CCCCC2)N=C1N. The van der Waals surface area contributed by atoms with E-state index in [0.29, 0.717) is 0 Å². The van der Waals surface area contributed by atoms with Crippen LogP contribution in [0.2, 0.25) is 0 Å². The predicted molar refractivity (Wildman–Crippen MR) is 51.5 cm³/mol. The summed E-state index contributed by atoms with van der Waals surface area (Å²) in [5, 5.41) is 8.79. The van der Waals surface area contributed by atoms with Crippen molar-refractivity contribution in [1.82, 2.24) is 0 Å². The van der Waals surface area contributed by atoms with Crippen LogP contribution in [0.5, 0.6) is 0 Å². The Bertz CT molecular complexity index is 334. The van der Waals surface area contributed by atoms with Crippen LogP contribution in [0.3, 0.4) is 0 Å². The molecule has 1 spiro atoms. The van der Waals surface area contributed by atoms with Gasteiger partial charge >= 0.3 is 0 Å². The largest absolute Gasteiger partial charge is 0.386 e. The molecule has 1 aliphatic carbocycles. The van der Waals surface area contributed by atoms with Crippen LogP contribution in [-0.2, 0) is 4.79 Å². The van der Waals surface area contributed by atoms with Crippen LogP contribution in [0.4, 0.5) is 0 Å². The third-order valence-corrected chi connectivity index (χ3v) is 3.17. The van der Waals surface area contributed by atoms with E-state index < -0.39 is 11.5 Å². The minimum absolute atomic E-state index is 0.0720. The van der Waals surface area contributed by atoms with Crippen molar-refractivity contribution >= 4 is 11.6 Å².